The van der Waals surface area contributed by atoms with E-state index in [9.17, 15) is 9.59 Å². The van der Waals surface area contributed by atoms with E-state index in [0.29, 0.717) is 43.8 Å². The molecule has 140 valence electrons. The van der Waals surface area contributed by atoms with Gasteiger partial charge in [-0.3, -0.25) is 9.59 Å². The van der Waals surface area contributed by atoms with Gasteiger partial charge in [-0.05, 0) is 44.0 Å². The Labute approximate surface area is 162 Å². The second kappa shape index (κ2) is 7.64. The van der Waals surface area contributed by atoms with Gasteiger partial charge in [-0.2, -0.15) is 0 Å². The molecule has 1 aliphatic rings. The number of aromatic nitrogens is 1. The van der Waals surface area contributed by atoms with Gasteiger partial charge in [-0.1, -0.05) is 12.1 Å². The maximum atomic E-state index is 12.8. The third-order valence-corrected chi connectivity index (χ3v) is 6.16. The van der Waals surface area contributed by atoms with Gasteiger partial charge in [0.15, 0.2) is 10.8 Å². The van der Waals surface area contributed by atoms with Gasteiger partial charge in [0.1, 0.15) is 11.5 Å². The van der Waals surface area contributed by atoms with E-state index >= 15 is 0 Å². The predicted molar refractivity (Wildman–Crippen MR) is 105 cm³/mol. The smallest absolute Gasteiger partial charge is 0.223 e. The topological polar surface area (TPSA) is 63.4 Å². The van der Waals surface area contributed by atoms with Crippen molar-refractivity contribution < 1.29 is 14.0 Å². The number of fused-ring (bicyclic) bond motifs is 1. The van der Waals surface area contributed by atoms with Crippen molar-refractivity contribution >= 4 is 33.2 Å². The van der Waals surface area contributed by atoms with Crippen molar-refractivity contribution in [3.05, 3.63) is 52.9 Å². The lowest BCUT2D eigenvalue weighted by atomic mass is 9.92. The van der Waals surface area contributed by atoms with Gasteiger partial charge >= 0.3 is 0 Å². The Morgan fingerprint density at radius 1 is 1.19 bits per heavy atom. The molecule has 1 amide bonds. The molecule has 0 unspecified atom stereocenters. The van der Waals surface area contributed by atoms with Gasteiger partial charge in [-0.25, -0.2) is 4.98 Å². The number of carbonyl (C=O) groups excluding carboxylic acids is 2. The van der Waals surface area contributed by atoms with Crippen LogP contribution < -0.4 is 0 Å². The molecule has 4 rings (SSSR count). The molecule has 1 aromatic carbocycles. The van der Waals surface area contributed by atoms with Gasteiger partial charge in [0, 0.05) is 31.8 Å². The first-order chi connectivity index (χ1) is 13.1. The molecule has 0 atom stereocenters. The normalized spacial score (nSPS) is 15.4. The number of rotatable bonds is 5. The van der Waals surface area contributed by atoms with Gasteiger partial charge in [0.25, 0.3) is 0 Å². The summed E-state index contributed by atoms with van der Waals surface area (Å²) in [4.78, 5) is 31.6. The number of thiazole rings is 1. The minimum Gasteiger partial charge on any atom is -0.466 e. The number of ketones is 1. The minimum atomic E-state index is -0.0395. The summed E-state index contributed by atoms with van der Waals surface area (Å²) < 4.78 is 6.57. The summed E-state index contributed by atoms with van der Waals surface area (Å²) in [5, 5.41) is 0.592. The first kappa shape index (κ1) is 17.9. The van der Waals surface area contributed by atoms with Gasteiger partial charge in [0.2, 0.25) is 5.91 Å². The molecule has 5 nitrogen and oxygen atoms in total. The third kappa shape index (κ3) is 3.95. The number of nitrogens with zero attached hydrogens (tertiary/aromatic N) is 2. The molecule has 0 N–H and O–H groups in total. The van der Waals surface area contributed by atoms with Crippen molar-refractivity contribution in [3.8, 4) is 0 Å². The maximum absolute atomic E-state index is 12.8. The number of carbonyl (C=O) groups is 2. The zero-order chi connectivity index (χ0) is 18.8. The monoisotopic (exact) mass is 382 g/mol. The summed E-state index contributed by atoms with van der Waals surface area (Å²) in [5.41, 5.74) is 0.881. The van der Waals surface area contributed by atoms with Crippen molar-refractivity contribution in [2.24, 2.45) is 5.92 Å². The third-order valence-electron chi connectivity index (χ3n) is 5.10. The molecule has 0 spiro atoms. The number of Topliss-reactive ketones (excluding diaryl/α,β-unsaturated/α-hetero) is 1. The quantitative estimate of drug-likeness (QED) is 0.619. The highest BCUT2D eigenvalue weighted by Gasteiger charge is 2.29. The molecule has 0 radical (unpaired) electrons. The number of hydrogen-bond donors (Lipinski definition) is 0. The van der Waals surface area contributed by atoms with E-state index in [1.165, 1.54) is 11.3 Å². The number of aryl methyl sites for hydroxylation is 2. The lowest BCUT2D eigenvalue weighted by Gasteiger charge is -2.31. The van der Waals surface area contributed by atoms with Crippen LogP contribution in [-0.2, 0) is 11.2 Å². The van der Waals surface area contributed by atoms with Crippen LogP contribution in [0.3, 0.4) is 0 Å². The van der Waals surface area contributed by atoms with E-state index in [1.807, 2.05) is 48.2 Å². The Morgan fingerprint density at radius 2 is 1.96 bits per heavy atom. The Kier molecular flexibility index (Phi) is 5.07. The van der Waals surface area contributed by atoms with Crippen LogP contribution in [0.5, 0.6) is 0 Å². The molecule has 1 fully saturated rings. The number of benzene rings is 1. The second-order valence-corrected chi connectivity index (χ2v) is 8.05. The van der Waals surface area contributed by atoms with Crippen molar-refractivity contribution in [3.63, 3.8) is 0 Å². The summed E-state index contributed by atoms with van der Waals surface area (Å²) in [5.74, 6) is 1.93. The van der Waals surface area contributed by atoms with Crippen LogP contribution in [0, 0.1) is 12.8 Å². The van der Waals surface area contributed by atoms with Crippen molar-refractivity contribution in [1.82, 2.24) is 9.88 Å². The molecule has 1 saturated heterocycles. The Balaban J connectivity index is 1.31. The van der Waals surface area contributed by atoms with Crippen LogP contribution in [-0.4, -0.2) is 34.7 Å². The molecule has 6 heteroatoms. The van der Waals surface area contributed by atoms with Gasteiger partial charge in [-0.15, -0.1) is 11.3 Å². The SMILES string of the molecule is Cc1ccc(CCC(=O)N2CCC(C(=O)c3nc4ccccc4s3)CC2)o1. The van der Waals surface area contributed by atoms with E-state index in [1.54, 1.807) is 0 Å². The molecule has 27 heavy (non-hydrogen) atoms. The maximum Gasteiger partial charge on any atom is 0.223 e. The lowest BCUT2D eigenvalue weighted by molar-refractivity contribution is -0.132. The van der Waals surface area contributed by atoms with Crippen molar-refractivity contribution in [2.75, 3.05) is 13.1 Å². The number of piperidine rings is 1. The molecule has 0 saturated carbocycles. The van der Waals surface area contributed by atoms with Crippen LogP contribution in [0.2, 0.25) is 0 Å². The fourth-order valence-corrected chi connectivity index (χ4v) is 4.54. The highest BCUT2D eigenvalue weighted by atomic mass is 32.1. The predicted octanol–water partition coefficient (Wildman–Crippen LogP) is 4.25. The number of hydrogen-bond acceptors (Lipinski definition) is 5. The van der Waals surface area contributed by atoms with Gasteiger partial charge in [0.05, 0.1) is 10.2 Å². The fraction of sp³-hybridized carbons (Fsp3) is 0.381. The first-order valence-corrected chi connectivity index (χ1v) is 10.1. The number of amides is 1. The average Bonchev–Trinajstić information content (AvgIpc) is 3.31. The molecule has 1 aliphatic heterocycles. The number of para-hydroxylation sites is 1. The van der Waals surface area contributed by atoms with Crippen molar-refractivity contribution in [1.29, 1.82) is 0 Å². The van der Waals surface area contributed by atoms with E-state index < -0.39 is 0 Å². The zero-order valence-electron chi connectivity index (χ0n) is 15.3. The molecule has 0 bridgehead atoms. The Morgan fingerprint density at radius 3 is 2.67 bits per heavy atom. The number of likely N-dealkylation sites (tertiary alicyclic amines) is 1. The van der Waals surface area contributed by atoms with Crippen LogP contribution in [0.4, 0.5) is 0 Å². The lowest BCUT2D eigenvalue weighted by Crippen LogP contribution is -2.40. The van der Waals surface area contributed by atoms with E-state index in [-0.39, 0.29) is 17.6 Å². The first-order valence-electron chi connectivity index (χ1n) is 9.33. The number of furan rings is 1. The molecule has 2 aromatic heterocycles. The van der Waals surface area contributed by atoms with E-state index in [2.05, 4.69) is 4.98 Å². The minimum absolute atomic E-state index is 0.0395. The molecule has 0 aliphatic carbocycles. The van der Waals surface area contributed by atoms with Crippen molar-refractivity contribution in [2.45, 2.75) is 32.6 Å². The van der Waals surface area contributed by atoms with E-state index in [4.69, 9.17) is 4.42 Å². The Hall–Kier alpha value is -2.47. The summed E-state index contributed by atoms with van der Waals surface area (Å²) in [6, 6.07) is 11.7. The standard InChI is InChI=1S/C21H22N2O3S/c1-14-6-7-16(26-14)8-9-19(24)23-12-10-15(11-13-23)20(25)21-22-17-4-2-3-5-18(17)27-21/h2-7,15H,8-13H2,1H3. The zero-order valence-corrected chi connectivity index (χ0v) is 16.1. The van der Waals surface area contributed by atoms with Crippen LogP contribution in [0.25, 0.3) is 10.2 Å². The summed E-state index contributed by atoms with van der Waals surface area (Å²) in [6.07, 6.45) is 2.49. The molecule has 3 aromatic rings. The highest BCUT2D eigenvalue weighted by Crippen LogP contribution is 2.27. The summed E-state index contributed by atoms with van der Waals surface area (Å²) in [6.45, 7) is 3.17. The molecular formula is C21H22N2O3S. The summed E-state index contributed by atoms with van der Waals surface area (Å²) in [7, 11) is 0. The average molecular weight is 382 g/mol. The largest absolute Gasteiger partial charge is 0.466 e. The Bertz CT molecular complexity index is 934. The van der Waals surface area contributed by atoms with Crippen LogP contribution in [0.15, 0.2) is 40.8 Å². The molecular weight excluding hydrogens is 360 g/mol. The van der Waals surface area contributed by atoms with E-state index in [0.717, 1.165) is 21.7 Å². The summed E-state index contributed by atoms with van der Waals surface area (Å²) >= 11 is 1.46. The van der Waals surface area contributed by atoms with Gasteiger partial charge < -0.3 is 9.32 Å². The fourth-order valence-electron chi connectivity index (χ4n) is 3.55. The second-order valence-electron chi connectivity index (χ2n) is 7.02. The van der Waals surface area contributed by atoms with Crippen LogP contribution in [0.1, 0.15) is 40.6 Å². The highest BCUT2D eigenvalue weighted by molar-refractivity contribution is 7.20. The molecule has 3 heterocycles. The van der Waals surface area contributed by atoms with Crippen LogP contribution >= 0.6 is 11.3 Å².